The Morgan fingerprint density at radius 1 is 0.516 bits per heavy atom. The van der Waals surface area contributed by atoms with E-state index in [9.17, 15) is 19.4 Å². The molecule has 0 fully saturated rings. The van der Waals surface area contributed by atoms with Crippen LogP contribution in [0.4, 0.5) is 0 Å². The van der Waals surface area contributed by atoms with Crippen molar-refractivity contribution in [2.45, 2.75) is 206 Å². The van der Waals surface area contributed by atoms with Crippen molar-refractivity contribution in [2.24, 2.45) is 0 Å². The van der Waals surface area contributed by atoms with Crippen LogP contribution in [-0.4, -0.2) is 66.3 Å². The molecular formula is C52H91O9P. The Balaban J connectivity index is 4.21. The van der Waals surface area contributed by atoms with E-state index in [2.05, 4.69) is 98.9 Å². The van der Waals surface area contributed by atoms with E-state index in [1.165, 1.54) is 96.3 Å². The fourth-order valence-electron chi connectivity index (χ4n) is 6.35. The van der Waals surface area contributed by atoms with Gasteiger partial charge in [-0.15, -0.1) is 0 Å². The van der Waals surface area contributed by atoms with E-state index >= 15 is 0 Å². The molecule has 0 aliphatic rings. The molecule has 9 nitrogen and oxygen atoms in total. The van der Waals surface area contributed by atoms with Gasteiger partial charge >= 0.3 is 13.8 Å². The van der Waals surface area contributed by atoms with Crippen LogP contribution >= 0.6 is 7.82 Å². The van der Waals surface area contributed by atoms with Gasteiger partial charge in [-0.3, -0.25) is 13.8 Å². The number of phosphoric ester groups is 1. The van der Waals surface area contributed by atoms with Gasteiger partial charge in [0.1, 0.15) is 12.2 Å². The van der Waals surface area contributed by atoms with Crippen LogP contribution in [-0.2, 0) is 27.9 Å². The number of aliphatic hydroxyl groups excluding tert-OH is 2. The highest BCUT2D eigenvalue weighted by Crippen LogP contribution is 2.43. The highest BCUT2D eigenvalue weighted by atomic mass is 31.2. The summed E-state index contributed by atoms with van der Waals surface area (Å²) in [7, 11) is -4.54. The second-order valence-corrected chi connectivity index (χ2v) is 17.5. The van der Waals surface area contributed by atoms with E-state index in [-0.39, 0.29) is 13.0 Å². The van der Waals surface area contributed by atoms with E-state index in [1.807, 2.05) is 0 Å². The lowest BCUT2D eigenvalue weighted by Gasteiger charge is -2.20. The standard InChI is InChI=1S/C52H91O9P/c1-3-5-7-9-11-13-15-17-19-21-23-25-26-28-30-32-34-36-38-40-42-44-52(55)61-51(49-60-62(56,57)59-47-50(54)46-53)48-58-45-43-41-39-37-35-33-31-29-27-24-22-20-18-16-14-12-10-8-6-4-2/h5,7,11,13,17-20,23,25,28,30,34,36,50-51,53-54H,3-4,6,8-10,12,14-16,21-22,24,26-27,29,31-33,35,37-49H2,1-2H3,(H,56,57)/b7-5-,13-11-,19-17-,20-18-,25-23-,30-28-,36-34-. The summed E-state index contributed by atoms with van der Waals surface area (Å²) < 4.78 is 33.4. The molecule has 0 rings (SSSR count). The topological polar surface area (TPSA) is 132 Å². The van der Waals surface area contributed by atoms with E-state index in [0.717, 1.165) is 70.6 Å². The third kappa shape index (κ3) is 47.1. The van der Waals surface area contributed by atoms with E-state index in [1.54, 1.807) is 0 Å². The van der Waals surface area contributed by atoms with Crippen molar-refractivity contribution in [1.29, 1.82) is 0 Å². The number of esters is 1. The fourth-order valence-corrected chi connectivity index (χ4v) is 7.14. The second-order valence-electron chi connectivity index (χ2n) is 16.1. The Bertz CT molecular complexity index is 1240. The molecule has 0 spiro atoms. The van der Waals surface area contributed by atoms with Gasteiger partial charge in [0.2, 0.25) is 0 Å². The average Bonchev–Trinajstić information content (AvgIpc) is 3.26. The molecule has 0 saturated carbocycles. The summed E-state index contributed by atoms with van der Waals surface area (Å²) >= 11 is 0. The lowest BCUT2D eigenvalue weighted by atomic mass is 10.1. The number of hydrogen-bond acceptors (Lipinski definition) is 8. The maximum absolute atomic E-state index is 12.7. The zero-order chi connectivity index (χ0) is 45.3. The van der Waals surface area contributed by atoms with Gasteiger partial charge in [-0.05, 0) is 89.9 Å². The molecule has 3 atom stereocenters. The van der Waals surface area contributed by atoms with Gasteiger partial charge in [0.15, 0.2) is 0 Å². The number of carbonyl (C=O) groups excluding carboxylic acids is 1. The van der Waals surface area contributed by atoms with Crippen molar-refractivity contribution in [3.8, 4) is 0 Å². The van der Waals surface area contributed by atoms with Crippen LogP contribution in [0.1, 0.15) is 194 Å². The van der Waals surface area contributed by atoms with Gasteiger partial charge < -0.3 is 24.6 Å². The van der Waals surface area contributed by atoms with Crippen LogP contribution in [0, 0.1) is 0 Å². The normalized spacial score (nSPS) is 14.6. The van der Waals surface area contributed by atoms with Crippen LogP contribution < -0.4 is 0 Å². The predicted molar refractivity (Wildman–Crippen MR) is 260 cm³/mol. The van der Waals surface area contributed by atoms with Gasteiger partial charge in [-0.1, -0.05) is 182 Å². The maximum Gasteiger partial charge on any atom is 0.472 e. The number of unbranched alkanes of at least 4 members (excludes halogenated alkanes) is 18. The van der Waals surface area contributed by atoms with Crippen molar-refractivity contribution in [3.63, 3.8) is 0 Å². The zero-order valence-corrected chi connectivity index (χ0v) is 40.2. The minimum atomic E-state index is -4.54. The predicted octanol–water partition coefficient (Wildman–Crippen LogP) is 14.3. The van der Waals surface area contributed by atoms with Crippen LogP contribution in [0.5, 0.6) is 0 Å². The van der Waals surface area contributed by atoms with Gasteiger partial charge in [-0.25, -0.2) is 4.57 Å². The first-order valence-electron chi connectivity index (χ1n) is 24.6. The van der Waals surface area contributed by atoms with Crippen LogP contribution in [0.25, 0.3) is 0 Å². The van der Waals surface area contributed by atoms with Crippen molar-refractivity contribution in [1.82, 2.24) is 0 Å². The van der Waals surface area contributed by atoms with Crippen LogP contribution in [0.3, 0.4) is 0 Å². The number of hydrogen-bond donors (Lipinski definition) is 3. The van der Waals surface area contributed by atoms with E-state index in [0.29, 0.717) is 13.0 Å². The van der Waals surface area contributed by atoms with Crippen LogP contribution in [0.15, 0.2) is 85.1 Å². The largest absolute Gasteiger partial charge is 0.472 e. The SMILES string of the molecule is CC/C=C\C/C=C\C/C=C\C/C=C\C/C=C\C/C=C\CCCCC(=O)OC(COCCCCCCCCCCCC/C=C\CCCCCCCC)COP(=O)(O)OCC(O)CO. The average molecular weight is 891 g/mol. The molecule has 0 aliphatic heterocycles. The summed E-state index contributed by atoms with van der Waals surface area (Å²) in [6.07, 6.45) is 59.8. The second kappa shape index (κ2) is 48.1. The van der Waals surface area contributed by atoms with Gasteiger partial charge in [0, 0.05) is 13.0 Å². The molecule has 0 saturated heterocycles. The van der Waals surface area contributed by atoms with Crippen molar-refractivity contribution in [3.05, 3.63) is 85.1 Å². The van der Waals surface area contributed by atoms with Crippen molar-refractivity contribution < 1.29 is 43.0 Å². The highest BCUT2D eigenvalue weighted by Gasteiger charge is 2.26. The first-order chi connectivity index (χ1) is 30.3. The number of allylic oxidation sites excluding steroid dienone is 14. The molecule has 0 heterocycles. The molecule has 358 valence electrons. The first kappa shape index (κ1) is 59.6. The molecule has 0 aliphatic carbocycles. The van der Waals surface area contributed by atoms with Crippen LogP contribution in [0.2, 0.25) is 0 Å². The summed E-state index contributed by atoms with van der Waals surface area (Å²) in [6.45, 7) is 3.34. The fraction of sp³-hybridized carbons (Fsp3) is 0.712. The molecule has 10 heteroatoms. The third-order valence-corrected chi connectivity index (χ3v) is 11.0. The summed E-state index contributed by atoms with van der Waals surface area (Å²) in [5.74, 6) is -0.426. The van der Waals surface area contributed by atoms with E-state index < -0.39 is 45.8 Å². The molecule has 0 bridgehead atoms. The maximum atomic E-state index is 12.7. The summed E-state index contributed by atoms with van der Waals surface area (Å²) in [6, 6.07) is 0. The number of aliphatic hydroxyl groups is 2. The quantitative estimate of drug-likeness (QED) is 0.0236. The third-order valence-electron chi connectivity index (χ3n) is 10.1. The highest BCUT2D eigenvalue weighted by molar-refractivity contribution is 7.47. The minimum Gasteiger partial charge on any atom is -0.457 e. The summed E-state index contributed by atoms with van der Waals surface area (Å²) in [4.78, 5) is 22.7. The smallest absolute Gasteiger partial charge is 0.457 e. The Labute approximate surface area is 379 Å². The molecule has 0 amide bonds. The molecule has 0 aromatic carbocycles. The molecule has 0 aromatic rings. The van der Waals surface area contributed by atoms with Crippen molar-refractivity contribution in [2.75, 3.05) is 33.0 Å². The first-order valence-corrected chi connectivity index (χ1v) is 26.1. The Hall–Kier alpha value is -2.36. The molecule has 3 N–H and O–H groups in total. The minimum absolute atomic E-state index is 0.0262. The number of carbonyl (C=O) groups is 1. The lowest BCUT2D eigenvalue weighted by Crippen LogP contribution is -2.29. The zero-order valence-electron chi connectivity index (χ0n) is 39.3. The van der Waals surface area contributed by atoms with E-state index in [4.69, 9.17) is 23.6 Å². The van der Waals surface area contributed by atoms with Gasteiger partial charge in [0.05, 0.1) is 26.4 Å². The Morgan fingerprint density at radius 3 is 1.40 bits per heavy atom. The Morgan fingerprint density at radius 2 is 0.919 bits per heavy atom. The summed E-state index contributed by atoms with van der Waals surface area (Å²) in [5, 5.41) is 18.4. The number of rotatable bonds is 46. The molecule has 0 aromatic heterocycles. The number of phosphoric acid groups is 1. The molecule has 3 unspecified atom stereocenters. The van der Waals surface area contributed by atoms with Crippen molar-refractivity contribution >= 4 is 13.8 Å². The lowest BCUT2D eigenvalue weighted by molar-refractivity contribution is -0.154. The molecule has 0 radical (unpaired) electrons. The monoisotopic (exact) mass is 891 g/mol. The molecular weight excluding hydrogens is 800 g/mol. The number of ether oxygens (including phenoxy) is 2. The summed E-state index contributed by atoms with van der Waals surface area (Å²) in [5.41, 5.74) is 0. The Kier molecular flexibility index (Phi) is 46.3. The van der Waals surface area contributed by atoms with Gasteiger partial charge in [-0.2, -0.15) is 0 Å². The van der Waals surface area contributed by atoms with Gasteiger partial charge in [0.25, 0.3) is 0 Å². The molecule has 62 heavy (non-hydrogen) atoms.